The van der Waals surface area contributed by atoms with E-state index in [0.717, 1.165) is 29.5 Å². The van der Waals surface area contributed by atoms with Crippen molar-refractivity contribution in [2.24, 2.45) is 0 Å². The molecule has 1 amide bonds. The standard InChI is InChI=1S/C23H25N7O2/c1-2-20-25-23(32-28-20)19-12-10-17(11-13-19)14-15-24-21(31)9-6-16-30-27-22(26-29-30)18-7-4-3-5-8-18/h3-5,7-8,10-13H,2,6,9,14-16H2,1H3,(H,24,31). The molecular formula is C23H25N7O2. The van der Waals surface area contributed by atoms with Gasteiger partial charge in [-0.2, -0.15) is 9.78 Å². The van der Waals surface area contributed by atoms with Crippen molar-refractivity contribution in [2.75, 3.05) is 6.54 Å². The Kier molecular flexibility index (Phi) is 6.96. The van der Waals surface area contributed by atoms with Crippen LogP contribution in [0.2, 0.25) is 0 Å². The summed E-state index contributed by atoms with van der Waals surface area (Å²) in [6.07, 6.45) is 2.56. The lowest BCUT2D eigenvalue weighted by Gasteiger charge is -2.06. The van der Waals surface area contributed by atoms with Crippen molar-refractivity contribution in [3.63, 3.8) is 0 Å². The average Bonchev–Trinajstić information content (AvgIpc) is 3.50. The number of carbonyl (C=O) groups excluding carboxylic acids is 1. The van der Waals surface area contributed by atoms with E-state index in [1.165, 1.54) is 4.80 Å². The molecule has 0 saturated carbocycles. The van der Waals surface area contributed by atoms with Gasteiger partial charge in [0.2, 0.25) is 11.7 Å². The van der Waals surface area contributed by atoms with E-state index in [1.807, 2.05) is 61.5 Å². The van der Waals surface area contributed by atoms with Gasteiger partial charge < -0.3 is 9.84 Å². The third kappa shape index (κ3) is 5.63. The number of tetrazole rings is 1. The molecule has 0 aliphatic rings. The molecule has 32 heavy (non-hydrogen) atoms. The van der Waals surface area contributed by atoms with Crippen molar-refractivity contribution in [3.8, 4) is 22.8 Å². The molecule has 2 aromatic carbocycles. The molecule has 0 atom stereocenters. The molecule has 0 bridgehead atoms. The highest BCUT2D eigenvalue weighted by atomic mass is 16.5. The molecule has 0 unspecified atom stereocenters. The van der Waals surface area contributed by atoms with Crippen molar-refractivity contribution < 1.29 is 9.32 Å². The SMILES string of the molecule is CCc1noc(-c2ccc(CCNC(=O)CCCn3nnc(-c4ccccc4)n3)cc2)n1. The first kappa shape index (κ1) is 21.4. The number of benzene rings is 2. The fraction of sp³-hybridized carbons (Fsp3) is 0.304. The van der Waals surface area contributed by atoms with Crippen LogP contribution in [0.3, 0.4) is 0 Å². The van der Waals surface area contributed by atoms with E-state index in [1.54, 1.807) is 0 Å². The van der Waals surface area contributed by atoms with Crippen molar-refractivity contribution in [3.05, 3.63) is 66.0 Å². The second kappa shape index (κ2) is 10.4. The van der Waals surface area contributed by atoms with Gasteiger partial charge in [0.25, 0.3) is 5.89 Å². The first-order valence-corrected chi connectivity index (χ1v) is 10.7. The number of rotatable bonds is 10. The summed E-state index contributed by atoms with van der Waals surface area (Å²) in [6.45, 7) is 3.11. The Morgan fingerprint density at radius 3 is 2.62 bits per heavy atom. The maximum absolute atomic E-state index is 12.1. The van der Waals surface area contributed by atoms with Crippen LogP contribution in [0.5, 0.6) is 0 Å². The Morgan fingerprint density at radius 2 is 1.88 bits per heavy atom. The van der Waals surface area contributed by atoms with Crippen molar-refractivity contribution in [1.82, 2.24) is 35.7 Å². The van der Waals surface area contributed by atoms with Crippen LogP contribution >= 0.6 is 0 Å². The number of hydrogen-bond donors (Lipinski definition) is 1. The van der Waals surface area contributed by atoms with E-state index in [-0.39, 0.29) is 5.91 Å². The van der Waals surface area contributed by atoms with Gasteiger partial charge in [-0.05, 0) is 35.8 Å². The average molecular weight is 432 g/mol. The summed E-state index contributed by atoms with van der Waals surface area (Å²) in [6, 6.07) is 17.6. The molecule has 0 saturated heterocycles. The molecule has 0 fully saturated rings. The smallest absolute Gasteiger partial charge is 0.257 e. The summed E-state index contributed by atoms with van der Waals surface area (Å²) in [5.41, 5.74) is 2.94. The predicted molar refractivity (Wildman–Crippen MR) is 118 cm³/mol. The fourth-order valence-electron chi connectivity index (χ4n) is 3.19. The van der Waals surface area contributed by atoms with Crippen molar-refractivity contribution >= 4 is 5.91 Å². The molecule has 0 aliphatic carbocycles. The van der Waals surface area contributed by atoms with Gasteiger partial charge >= 0.3 is 0 Å². The number of hydrogen-bond acceptors (Lipinski definition) is 7. The van der Waals surface area contributed by atoms with Gasteiger partial charge in [0, 0.05) is 30.5 Å². The highest BCUT2D eigenvalue weighted by molar-refractivity contribution is 5.75. The highest BCUT2D eigenvalue weighted by Gasteiger charge is 2.08. The molecule has 0 aliphatic heterocycles. The normalized spacial score (nSPS) is 10.9. The van der Waals surface area contributed by atoms with E-state index >= 15 is 0 Å². The zero-order valence-corrected chi connectivity index (χ0v) is 17.9. The minimum atomic E-state index is 0.0166. The molecule has 9 heteroatoms. The zero-order chi connectivity index (χ0) is 22.2. The lowest BCUT2D eigenvalue weighted by molar-refractivity contribution is -0.121. The largest absolute Gasteiger partial charge is 0.356 e. The maximum Gasteiger partial charge on any atom is 0.257 e. The Morgan fingerprint density at radius 1 is 1.06 bits per heavy atom. The van der Waals surface area contributed by atoms with Crippen LogP contribution in [0.15, 0.2) is 59.1 Å². The summed E-state index contributed by atoms with van der Waals surface area (Å²) < 4.78 is 5.25. The number of nitrogens with one attached hydrogen (secondary N) is 1. The van der Waals surface area contributed by atoms with E-state index in [2.05, 4.69) is 30.9 Å². The minimum absolute atomic E-state index is 0.0166. The third-order valence-electron chi connectivity index (χ3n) is 4.97. The Labute approximate surface area is 185 Å². The quantitative estimate of drug-likeness (QED) is 0.411. The van der Waals surface area contributed by atoms with E-state index < -0.39 is 0 Å². The topological polar surface area (TPSA) is 112 Å². The monoisotopic (exact) mass is 431 g/mol. The van der Waals surface area contributed by atoms with Crippen LogP contribution in [-0.2, 0) is 24.2 Å². The minimum Gasteiger partial charge on any atom is -0.356 e. The molecular weight excluding hydrogens is 406 g/mol. The van der Waals surface area contributed by atoms with Gasteiger partial charge in [0.15, 0.2) is 5.82 Å². The van der Waals surface area contributed by atoms with Crippen LogP contribution in [0.25, 0.3) is 22.8 Å². The fourth-order valence-corrected chi connectivity index (χ4v) is 3.19. The van der Waals surface area contributed by atoms with Crippen LogP contribution < -0.4 is 5.32 Å². The van der Waals surface area contributed by atoms with Crippen molar-refractivity contribution in [1.29, 1.82) is 0 Å². The Hall–Kier alpha value is -3.88. The third-order valence-corrected chi connectivity index (χ3v) is 4.97. The lowest BCUT2D eigenvalue weighted by atomic mass is 10.1. The van der Waals surface area contributed by atoms with E-state index in [9.17, 15) is 4.79 Å². The molecule has 2 aromatic heterocycles. The number of carbonyl (C=O) groups is 1. The summed E-state index contributed by atoms with van der Waals surface area (Å²) in [4.78, 5) is 18.0. The van der Waals surface area contributed by atoms with Crippen molar-refractivity contribution in [2.45, 2.75) is 39.2 Å². The molecule has 1 N–H and O–H groups in total. The van der Waals surface area contributed by atoms with Crippen LogP contribution in [-0.4, -0.2) is 42.8 Å². The first-order valence-electron chi connectivity index (χ1n) is 10.7. The molecule has 9 nitrogen and oxygen atoms in total. The number of aromatic nitrogens is 6. The van der Waals surface area contributed by atoms with Crippen LogP contribution in [0, 0.1) is 0 Å². The second-order valence-electron chi connectivity index (χ2n) is 7.34. The summed E-state index contributed by atoms with van der Waals surface area (Å²) in [7, 11) is 0. The number of aryl methyl sites for hydroxylation is 2. The van der Waals surface area contributed by atoms with Gasteiger partial charge in [-0.1, -0.05) is 54.5 Å². The molecule has 2 heterocycles. The Bertz CT molecular complexity index is 1140. The summed E-state index contributed by atoms with van der Waals surface area (Å²) in [5, 5.41) is 19.4. The van der Waals surface area contributed by atoms with Crippen LogP contribution in [0.4, 0.5) is 0 Å². The zero-order valence-electron chi connectivity index (χ0n) is 17.9. The highest BCUT2D eigenvalue weighted by Crippen LogP contribution is 2.18. The van der Waals surface area contributed by atoms with Gasteiger partial charge in [0.1, 0.15) is 0 Å². The molecule has 164 valence electrons. The molecule has 0 spiro atoms. The van der Waals surface area contributed by atoms with Gasteiger partial charge in [-0.15, -0.1) is 10.2 Å². The van der Waals surface area contributed by atoms with Crippen LogP contribution in [0.1, 0.15) is 31.2 Å². The molecule has 0 radical (unpaired) electrons. The van der Waals surface area contributed by atoms with Gasteiger partial charge in [-0.25, -0.2) is 0 Å². The lowest BCUT2D eigenvalue weighted by Crippen LogP contribution is -2.25. The predicted octanol–water partition coefficient (Wildman–Crippen LogP) is 3.09. The summed E-state index contributed by atoms with van der Waals surface area (Å²) >= 11 is 0. The van der Waals surface area contributed by atoms with Gasteiger partial charge in [0.05, 0.1) is 6.54 Å². The maximum atomic E-state index is 12.1. The molecule has 4 aromatic rings. The second-order valence-corrected chi connectivity index (χ2v) is 7.34. The Balaban J connectivity index is 1.16. The molecule has 4 rings (SSSR count). The first-order chi connectivity index (χ1) is 15.7. The number of amides is 1. The van der Waals surface area contributed by atoms with E-state index in [0.29, 0.717) is 43.5 Å². The summed E-state index contributed by atoms with van der Waals surface area (Å²) in [5.74, 6) is 1.83. The van der Waals surface area contributed by atoms with Gasteiger partial charge in [-0.3, -0.25) is 4.79 Å². The van der Waals surface area contributed by atoms with E-state index in [4.69, 9.17) is 4.52 Å². The number of nitrogens with zero attached hydrogens (tertiary/aromatic N) is 6.